The molecule has 0 saturated carbocycles. The zero-order valence-corrected chi connectivity index (χ0v) is 20.9. The third kappa shape index (κ3) is 4.88. The summed E-state index contributed by atoms with van der Waals surface area (Å²) >= 11 is 6.60. The summed E-state index contributed by atoms with van der Waals surface area (Å²) in [6.07, 6.45) is -1.69. The van der Waals surface area contributed by atoms with E-state index in [1.54, 1.807) is 6.07 Å². The minimum atomic E-state index is -0.634. The van der Waals surface area contributed by atoms with Gasteiger partial charge in [-0.05, 0) is 36.4 Å². The molecular weight excluding hydrogens is 496 g/mol. The predicted molar refractivity (Wildman–Crippen MR) is 139 cm³/mol. The number of ether oxygens (including phenoxy) is 4. The maximum atomic E-state index is 9.94. The van der Waals surface area contributed by atoms with E-state index in [1.165, 1.54) is 0 Å². The molecule has 4 heterocycles. The molecule has 3 N–H and O–H groups in total. The molecule has 6 rings (SSSR count). The third-order valence-corrected chi connectivity index (χ3v) is 6.90. The van der Waals surface area contributed by atoms with E-state index in [1.807, 2.05) is 55.6 Å². The highest BCUT2D eigenvalue weighted by atomic mass is 35.5. The first-order valence-electron chi connectivity index (χ1n) is 12.2. The van der Waals surface area contributed by atoms with Crippen molar-refractivity contribution in [3.8, 4) is 34.1 Å². The molecule has 4 aromatic rings. The Balaban J connectivity index is 1.18. The Morgan fingerprint density at radius 1 is 1.00 bits per heavy atom. The van der Waals surface area contributed by atoms with Crippen molar-refractivity contribution >= 4 is 22.8 Å². The molecule has 4 atom stereocenters. The van der Waals surface area contributed by atoms with Crippen molar-refractivity contribution < 1.29 is 24.1 Å². The van der Waals surface area contributed by atoms with E-state index in [4.69, 9.17) is 30.5 Å². The number of aliphatic hydroxyl groups is 1. The van der Waals surface area contributed by atoms with Crippen LogP contribution in [-0.4, -0.2) is 77.9 Å². The predicted octanol–water partition coefficient (Wildman–Crippen LogP) is 3.45. The molecule has 192 valence electrons. The zero-order valence-electron chi connectivity index (χ0n) is 20.2. The van der Waals surface area contributed by atoms with E-state index < -0.39 is 6.10 Å². The van der Waals surface area contributed by atoms with Crippen LogP contribution in [0.4, 0.5) is 0 Å². The maximum absolute atomic E-state index is 9.94. The zero-order chi connectivity index (χ0) is 25.4. The number of aliphatic hydroxyl groups excluding tert-OH is 1. The summed E-state index contributed by atoms with van der Waals surface area (Å²) in [6.45, 7) is 1.99. The molecule has 0 amide bonds. The van der Waals surface area contributed by atoms with E-state index >= 15 is 0 Å². The Bertz CT molecular complexity index is 1380. The van der Waals surface area contributed by atoms with Gasteiger partial charge < -0.3 is 34.4 Å². The van der Waals surface area contributed by atoms with E-state index in [2.05, 4.69) is 20.3 Å². The number of hydrogen-bond donors (Lipinski definition) is 3. The summed E-state index contributed by atoms with van der Waals surface area (Å²) in [5.41, 5.74) is 4.85. The van der Waals surface area contributed by atoms with Gasteiger partial charge in [-0.25, -0.2) is 4.98 Å². The van der Waals surface area contributed by atoms with Crippen LogP contribution < -0.4 is 14.8 Å². The first-order chi connectivity index (χ1) is 18.1. The Labute approximate surface area is 218 Å². The summed E-state index contributed by atoms with van der Waals surface area (Å²) in [7, 11) is 1.90. The summed E-state index contributed by atoms with van der Waals surface area (Å²) in [5, 5.41) is 13.5. The van der Waals surface area contributed by atoms with Crippen LogP contribution in [0.5, 0.6) is 11.8 Å². The lowest BCUT2D eigenvalue weighted by Gasteiger charge is -2.15. The molecule has 37 heavy (non-hydrogen) atoms. The van der Waals surface area contributed by atoms with Gasteiger partial charge in [0, 0.05) is 12.1 Å². The highest BCUT2D eigenvalue weighted by Gasteiger charge is 2.48. The molecule has 0 bridgehead atoms. The fourth-order valence-corrected chi connectivity index (χ4v) is 4.94. The standard InChI is InChI=1S/C27H27ClN4O5/c1-29-10-11-34-18-8-6-16(7-9-18)15-2-4-17(5-3-15)23-19(28)12-20-26(31-23)32-27(30-20)37-22-14-36-24-21(33)13-35-25(22)24/h2-9,12,21-22,24-25,29,33H,10-11,13-14H2,1H3,(H,30,31,32)/t21-,22-,24-,25-/m1/s1. The fraction of sp³-hybridized carbons (Fsp3) is 0.333. The molecule has 10 heteroatoms. The molecule has 0 spiro atoms. The minimum absolute atomic E-state index is 0.241. The number of hydrogen-bond acceptors (Lipinski definition) is 8. The van der Waals surface area contributed by atoms with Crippen molar-refractivity contribution in [2.45, 2.75) is 24.4 Å². The van der Waals surface area contributed by atoms with Crippen molar-refractivity contribution in [2.75, 3.05) is 33.4 Å². The van der Waals surface area contributed by atoms with Crippen LogP contribution in [0, 0.1) is 0 Å². The van der Waals surface area contributed by atoms with Gasteiger partial charge in [0.25, 0.3) is 6.01 Å². The van der Waals surface area contributed by atoms with Gasteiger partial charge in [-0.15, -0.1) is 0 Å². The Kier molecular flexibility index (Phi) is 6.71. The average molecular weight is 523 g/mol. The molecule has 2 fully saturated rings. The normalized spacial score (nSPS) is 22.9. The monoisotopic (exact) mass is 522 g/mol. The molecule has 2 saturated heterocycles. The molecule has 9 nitrogen and oxygen atoms in total. The van der Waals surface area contributed by atoms with E-state index in [-0.39, 0.29) is 24.9 Å². The summed E-state index contributed by atoms with van der Waals surface area (Å²) in [6, 6.07) is 18.2. The van der Waals surface area contributed by atoms with Crippen molar-refractivity contribution in [2.24, 2.45) is 0 Å². The lowest BCUT2D eigenvalue weighted by molar-refractivity contribution is 0.00706. The van der Waals surface area contributed by atoms with Gasteiger partial charge in [-0.1, -0.05) is 48.0 Å². The second kappa shape index (κ2) is 10.3. The molecule has 0 radical (unpaired) electrons. The maximum Gasteiger partial charge on any atom is 0.296 e. The largest absolute Gasteiger partial charge is 0.492 e. The summed E-state index contributed by atoms with van der Waals surface area (Å²) in [5.74, 6) is 0.843. The van der Waals surface area contributed by atoms with Gasteiger partial charge in [0.1, 0.15) is 30.7 Å². The minimum Gasteiger partial charge on any atom is -0.492 e. The number of likely N-dealkylation sites (N-methyl/N-ethyl adjacent to an activating group) is 1. The topological polar surface area (TPSA) is 111 Å². The molecule has 2 aromatic carbocycles. The number of imidazole rings is 1. The van der Waals surface area contributed by atoms with Crippen LogP contribution in [-0.2, 0) is 9.47 Å². The molecule has 2 aromatic heterocycles. The van der Waals surface area contributed by atoms with Crippen molar-refractivity contribution in [3.05, 3.63) is 59.6 Å². The van der Waals surface area contributed by atoms with Crippen molar-refractivity contribution in [1.29, 1.82) is 0 Å². The summed E-state index contributed by atoms with van der Waals surface area (Å²) in [4.78, 5) is 12.3. The van der Waals surface area contributed by atoms with Crippen LogP contribution in [0.2, 0.25) is 5.02 Å². The second-order valence-corrected chi connectivity index (χ2v) is 9.51. The van der Waals surface area contributed by atoms with E-state index in [9.17, 15) is 5.11 Å². The van der Waals surface area contributed by atoms with Crippen molar-refractivity contribution in [3.63, 3.8) is 0 Å². The number of rotatable bonds is 8. The lowest BCUT2D eigenvalue weighted by atomic mass is 10.0. The Hall–Kier alpha value is -3.21. The van der Waals surface area contributed by atoms with Crippen LogP contribution in [0.3, 0.4) is 0 Å². The molecule has 0 unspecified atom stereocenters. The van der Waals surface area contributed by atoms with Gasteiger partial charge in [0.15, 0.2) is 11.8 Å². The molecule has 2 aliphatic heterocycles. The van der Waals surface area contributed by atoms with Crippen LogP contribution in [0.15, 0.2) is 54.6 Å². The molecular formula is C27H27ClN4O5. The number of halogens is 1. The smallest absolute Gasteiger partial charge is 0.296 e. The van der Waals surface area contributed by atoms with Gasteiger partial charge in [0.05, 0.1) is 29.4 Å². The third-order valence-electron chi connectivity index (χ3n) is 6.62. The highest BCUT2D eigenvalue weighted by molar-refractivity contribution is 6.33. The molecule has 2 aliphatic rings. The number of nitrogens with zero attached hydrogens (tertiary/aromatic N) is 2. The number of aromatic nitrogens is 3. The van der Waals surface area contributed by atoms with Gasteiger partial charge in [-0.2, -0.15) is 4.98 Å². The first kappa shape index (κ1) is 24.1. The highest BCUT2D eigenvalue weighted by Crippen LogP contribution is 2.33. The number of H-pyrrole nitrogens is 1. The van der Waals surface area contributed by atoms with Gasteiger partial charge in [-0.3, -0.25) is 0 Å². The van der Waals surface area contributed by atoms with Crippen LogP contribution >= 0.6 is 11.6 Å². The fourth-order valence-electron chi connectivity index (χ4n) is 4.68. The van der Waals surface area contributed by atoms with E-state index in [0.29, 0.717) is 41.1 Å². The van der Waals surface area contributed by atoms with Crippen LogP contribution in [0.25, 0.3) is 33.5 Å². The number of pyridine rings is 1. The number of aromatic amines is 1. The summed E-state index contributed by atoms with van der Waals surface area (Å²) < 4.78 is 22.9. The Morgan fingerprint density at radius 2 is 1.70 bits per heavy atom. The SMILES string of the molecule is CNCCOc1ccc(-c2ccc(-c3nc4nc(O[C@@H]5CO[C@H]6[C@@H]5OC[C@H]6O)[nH]c4cc3Cl)cc2)cc1. The van der Waals surface area contributed by atoms with Gasteiger partial charge in [0.2, 0.25) is 0 Å². The van der Waals surface area contributed by atoms with Crippen molar-refractivity contribution in [1.82, 2.24) is 20.3 Å². The first-order valence-corrected chi connectivity index (χ1v) is 12.6. The quantitative estimate of drug-likeness (QED) is 0.302. The Morgan fingerprint density at radius 3 is 2.46 bits per heavy atom. The van der Waals surface area contributed by atoms with Gasteiger partial charge >= 0.3 is 0 Å². The average Bonchev–Trinajstić information content (AvgIpc) is 3.61. The van der Waals surface area contributed by atoms with E-state index in [0.717, 1.165) is 29.0 Å². The molecule has 0 aliphatic carbocycles. The number of benzene rings is 2. The number of fused-ring (bicyclic) bond motifs is 2. The van der Waals surface area contributed by atoms with Crippen LogP contribution in [0.1, 0.15) is 0 Å². The number of nitrogens with one attached hydrogen (secondary N) is 2. The second-order valence-electron chi connectivity index (χ2n) is 9.11. The lowest BCUT2D eigenvalue weighted by Crippen LogP contribution is -2.34.